The second kappa shape index (κ2) is 8.60. The first-order valence-electron chi connectivity index (χ1n) is 7.13. The third-order valence-corrected chi connectivity index (χ3v) is 3.22. The van der Waals surface area contributed by atoms with Crippen LogP contribution < -0.4 is 20.6 Å². The molecule has 0 bridgehead atoms. The summed E-state index contributed by atoms with van der Waals surface area (Å²) in [5.74, 6) is 0.607. The van der Waals surface area contributed by atoms with Gasteiger partial charge in [0.15, 0.2) is 16.6 Å². The van der Waals surface area contributed by atoms with E-state index in [1.165, 1.54) is 25.5 Å². The zero-order valence-electron chi connectivity index (χ0n) is 13.3. The highest BCUT2D eigenvalue weighted by Gasteiger charge is 2.19. The molecule has 0 spiro atoms. The summed E-state index contributed by atoms with van der Waals surface area (Å²) < 4.78 is 10.9. The van der Waals surface area contributed by atoms with Gasteiger partial charge in [0.05, 0.1) is 29.9 Å². The highest BCUT2D eigenvalue weighted by Crippen LogP contribution is 2.34. The van der Waals surface area contributed by atoms with Gasteiger partial charge in [0.1, 0.15) is 6.61 Å². The van der Waals surface area contributed by atoms with E-state index in [4.69, 9.17) is 15.2 Å². The number of ether oxygens (including phenoxy) is 2. The Hall–Kier alpha value is -3.20. The standard InChI is InChI=1S/C16H16N4O4S/c1-23-14-8-13(20(21)22)12(9-18-19-16(17)25)7-15(14)24-10-11-5-3-2-4-6-11/h2-9H,10H2,1H3,(H3,17,19,25). The van der Waals surface area contributed by atoms with E-state index in [2.05, 4.69) is 22.7 Å². The van der Waals surface area contributed by atoms with Gasteiger partial charge in [-0.25, -0.2) is 0 Å². The summed E-state index contributed by atoms with van der Waals surface area (Å²) in [7, 11) is 1.41. The topological polar surface area (TPSA) is 112 Å². The number of methoxy groups -OCH3 is 1. The number of nitrogens with zero attached hydrogens (tertiary/aromatic N) is 2. The van der Waals surface area contributed by atoms with Crippen LogP contribution >= 0.6 is 12.2 Å². The number of nitro groups is 1. The number of nitrogens with two attached hydrogens (primary N) is 1. The molecule has 0 aliphatic heterocycles. The van der Waals surface area contributed by atoms with Crippen molar-refractivity contribution in [3.63, 3.8) is 0 Å². The van der Waals surface area contributed by atoms with Crippen molar-refractivity contribution in [2.75, 3.05) is 7.11 Å². The first-order valence-corrected chi connectivity index (χ1v) is 7.53. The highest BCUT2D eigenvalue weighted by molar-refractivity contribution is 7.80. The minimum atomic E-state index is -0.536. The molecule has 25 heavy (non-hydrogen) atoms. The molecule has 0 heterocycles. The van der Waals surface area contributed by atoms with Crippen molar-refractivity contribution < 1.29 is 14.4 Å². The Morgan fingerprint density at radius 1 is 1.36 bits per heavy atom. The van der Waals surface area contributed by atoms with Crippen molar-refractivity contribution in [1.29, 1.82) is 0 Å². The summed E-state index contributed by atoms with van der Waals surface area (Å²) in [4.78, 5) is 10.7. The minimum absolute atomic E-state index is 0.0482. The predicted octanol–water partition coefficient (Wildman–Crippen LogP) is 2.35. The second-order valence-electron chi connectivity index (χ2n) is 4.83. The number of nitro benzene ring substituents is 1. The second-order valence-corrected chi connectivity index (χ2v) is 5.27. The first-order chi connectivity index (χ1) is 12.0. The molecule has 0 amide bonds. The lowest BCUT2D eigenvalue weighted by Crippen LogP contribution is -2.24. The van der Waals surface area contributed by atoms with Gasteiger partial charge in [0.25, 0.3) is 5.69 Å². The number of hydrazone groups is 1. The number of hydrogen-bond acceptors (Lipinski definition) is 6. The lowest BCUT2D eigenvalue weighted by molar-refractivity contribution is -0.385. The van der Waals surface area contributed by atoms with Gasteiger partial charge in [0, 0.05) is 0 Å². The average molecular weight is 360 g/mol. The third kappa shape index (κ3) is 5.15. The molecule has 0 saturated heterocycles. The Labute approximate surface area is 149 Å². The molecule has 2 rings (SSSR count). The molecule has 130 valence electrons. The van der Waals surface area contributed by atoms with Gasteiger partial charge in [0.2, 0.25) is 0 Å². The van der Waals surface area contributed by atoms with Crippen LogP contribution in [0.5, 0.6) is 11.5 Å². The van der Waals surface area contributed by atoms with Gasteiger partial charge in [-0.15, -0.1) is 0 Å². The summed E-state index contributed by atoms with van der Waals surface area (Å²) in [5, 5.41) is 15.0. The van der Waals surface area contributed by atoms with Crippen molar-refractivity contribution in [3.05, 3.63) is 63.7 Å². The molecule has 9 heteroatoms. The summed E-state index contributed by atoms with van der Waals surface area (Å²) >= 11 is 4.63. The van der Waals surface area contributed by atoms with E-state index in [0.29, 0.717) is 5.75 Å². The molecule has 2 aromatic carbocycles. The monoisotopic (exact) mass is 360 g/mol. The molecule has 0 radical (unpaired) electrons. The highest BCUT2D eigenvalue weighted by atomic mass is 32.1. The molecule has 8 nitrogen and oxygen atoms in total. The van der Waals surface area contributed by atoms with Crippen LogP contribution in [0.4, 0.5) is 5.69 Å². The van der Waals surface area contributed by atoms with Crippen LogP contribution in [-0.4, -0.2) is 23.4 Å². The van der Waals surface area contributed by atoms with Crippen molar-refractivity contribution in [1.82, 2.24) is 5.43 Å². The van der Waals surface area contributed by atoms with E-state index in [1.54, 1.807) is 0 Å². The molecule has 0 fully saturated rings. The number of thiocarbonyl (C=S) groups is 1. The molecule has 0 saturated carbocycles. The SMILES string of the molecule is COc1cc([N+](=O)[O-])c(C=NNC(N)=S)cc1OCc1ccccc1. The van der Waals surface area contributed by atoms with E-state index in [0.717, 1.165) is 5.56 Å². The Morgan fingerprint density at radius 2 is 2.08 bits per heavy atom. The maximum atomic E-state index is 11.3. The number of hydrogen-bond donors (Lipinski definition) is 2. The van der Waals surface area contributed by atoms with Crippen molar-refractivity contribution in [2.24, 2.45) is 10.8 Å². The number of nitrogens with one attached hydrogen (secondary N) is 1. The predicted molar refractivity (Wildman–Crippen MR) is 97.9 cm³/mol. The van der Waals surface area contributed by atoms with Crippen LogP contribution in [0.25, 0.3) is 0 Å². The zero-order valence-corrected chi connectivity index (χ0v) is 14.2. The van der Waals surface area contributed by atoms with Crippen LogP contribution in [-0.2, 0) is 6.61 Å². The van der Waals surface area contributed by atoms with Crippen LogP contribution in [0.1, 0.15) is 11.1 Å². The summed E-state index contributed by atoms with van der Waals surface area (Å²) in [5.41, 5.74) is 8.61. The van der Waals surface area contributed by atoms with Gasteiger partial charge in [-0.05, 0) is 23.8 Å². The Kier molecular flexibility index (Phi) is 6.24. The summed E-state index contributed by atoms with van der Waals surface area (Å²) in [6.45, 7) is 0.288. The van der Waals surface area contributed by atoms with Gasteiger partial charge < -0.3 is 15.2 Å². The molecule has 0 unspecified atom stereocenters. The molecular weight excluding hydrogens is 344 g/mol. The van der Waals surface area contributed by atoms with Crippen LogP contribution in [0.15, 0.2) is 47.6 Å². The van der Waals surface area contributed by atoms with E-state index < -0.39 is 4.92 Å². The Bertz CT molecular complexity index is 796. The average Bonchev–Trinajstić information content (AvgIpc) is 2.60. The molecule has 0 aromatic heterocycles. The van der Waals surface area contributed by atoms with Crippen molar-refractivity contribution in [2.45, 2.75) is 6.61 Å². The molecule has 3 N–H and O–H groups in total. The van der Waals surface area contributed by atoms with Crippen molar-refractivity contribution in [3.8, 4) is 11.5 Å². The maximum Gasteiger partial charge on any atom is 0.282 e. The third-order valence-electron chi connectivity index (χ3n) is 3.13. The first kappa shape index (κ1) is 18.1. The normalized spacial score (nSPS) is 10.4. The van der Waals surface area contributed by atoms with Gasteiger partial charge >= 0.3 is 0 Å². The fourth-order valence-corrected chi connectivity index (χ4v) is 2.05. The van der Waals surface area contributed by atoms with Crippen LogP contribution in [0, 0.1) is 10.1 Å². The lowest BCUT2D eigenvalue weighted by atomic mass is 10.1. The number of benzene rings is 2. The molecule has 2 aromatic rings. The molecule has 0 aliphatic rings. The Morgan fingerprint density at radius 3 is 2.68 bits per heavy atom. The smallest absolute Gasteiger partial charge is 0.282 e. The summed E-state index contributed by atoms with van der Waals surface area (Å²) in [6.07, 6.45) is 1.24. The molecule has 0 atom stereocenters. The van der Waals surface area contributed by atoms with Gasteiger partial charge in [-0.3, -0.25) is 15.5 Å². The fraction of sp³-hybridized carbons (Fsp3) is 0.125. The number of rotatable bonds is 7. The Balaban J connectivity index is 2.32. The van der Waals surface area contributed by atoms with E-state index in [1.807, 2.05) is 30.3 Å². The quantitative estimate of drug-likeness (QED) is 0.337. The van der Waals surface area contributed by atoms with Crippen LogP contribution in [0.3, 0.4) is 0 Å². The largest absolute Gasteiger partial charge is 0.493 e. The molecular formula is C16H16N4O4S. The van der Waals surface area contributed by atoms with Gasteiger partial charge in [-0.2, -0.15) is 5.10 Å². The van der Waals surface area contributed by atoms with E-state index in [9.17, 15) is 10.1 Å². The van der Waals surface area contributed by atoms with E-state index >= 15 is 0 Å². The molecule has 0 aliphatic carbocycles. The van der Waals surface area contributed by atoms with Gasteiger partial charge in [-0.1, -0.05) is 30.3 Å². The maximum absolute atomic E-state index is 11.3. The zero-order chi connectivity index (χ0) is 18.2. The fourth-order valence-electron chi connectivity index (χ4n) is 2.00. The van der Waals surface area contributed by atoms with Crippen molar-refractivity contribution >= 4 is 29.2 Å². The minimum Gasteiger partial charge on any atom is -0.493 e. The summed E-state index contributed by atoms with van der Waals surface area (Å²) in [6, 6.07) is 12.3. The van der Waals surface area contributed by atoms with Crippen LogP contribution in [0.2, 0.25) is 0 Å². The van der Waals surface area contributed by atoms with E-state index in [-0.39, 0.29) is 28.7 Å². The lowest BCUT2D eigenvalue weighted by Gasteiger charge is -2.12.